The van der Waals surface area contributed by atoms with Crippen LogP contribution in [0.1, 0.15) is 18.1 Å². The Hall–Kier alpha value is -4.04. The first-order valence-corrected chi connectivity index (χ1v) is 11.8. The number of nitrogens with one attached hydrogen (secondary N) is 1. The average Bonchev–Trinajstić information content (AvgIpc) is 3.35. The molecule has 4 aromatic rings. The minimum atomic E-state index is 0.153. The van der Waals surface area contributed by atoms with Crippen LogP contribution in [0.4, 0.5) is 11.6 Å². The summed E-state index contributed by atoms with van der Waals surface area (Å²) in [5, 5.41) is 7.86. The highest BCUT2D eigenvalue weighted by molar-refractivity contribution is 5.73. The van der Waals surface area contributed by atoms with E-state index >= 15 is 0 Å². The van der Waals surface area contributed by atoms with Gasteiger partial charge < -0.3 is 10.2 Å². The number of hydrogen-bond acceptors (Lipinski definition) is 6. The fraction of sp³-hybridized carbons (Fsp3) is 0.259. The molecule has 1 N–H and O–H groups in total. The van der Waals surface area contributed by atoms with Crippen LogP contribution in [0.2, 0.25) is 0 Å². The first kappa shape index (κ1) is 22.7. The number of benzene rings is 2. The molecule has 0 saturated carbocycles. The lowest BCUT2D eigenvalue weighted by atomic mass is 10.1. The zero-order valence-electron chi connectivity index (χ0n) is 20.1. The van der Waals surface area contributed by atoms with Gasteiger partial charge in [0.2, 0.25) is 11.9 Å². The summed E-state index contributed by atoms with van der Waals surface area (Å²) in [6, 6.07) is 20.3. The fourth-order valence-electron chi connectivity index (χ4n) is 4.47. The lowest BCUT2D eigenvalue weighted by molar-refractivity contribution is -0.130. The highest BCUT2D eigenvalue weighted by Gasteiger charge is 2.19. The number of aromatic nitrogens is 4. The molecule has 0 aliphatic carbocycles. The summed E-state index contributed by atoms with van der Waals surface area (Å²) >= 11 is 0. The Morgan fingerprint density at radius 3 is 2.54 bits per heavy atom. The maximum Gasteiger partial charge on any atom is 0.227 e. The number of anilines is 2. The number of carbonyl (C=O) groups is 1. The maximum absolute atomic E-state index is 11.6. The number of hydrogen-bond donors (Lipinski definition) is 1. The molecule has 35 heavy (non-hydrogen) atoms. The van der Waals surface area contributed by atoms with Crippen LogP contribution in [0.3, 0.4) is 0 Å². The van der Waals surface area contributed by atoms with E-state index in [1.807, 2.05) is 52.0 Å². The van der Waals surface area contributed by atoms with Crippen molar-refractivity contribution >= 4 is 17.5 Å². The van der Waals surface area contributed by atoms with Crippen molar-refractivity contribution in [3.63, 3.8) is 0 Å². The van der Waals surface area contributed by atoms with Crippen molar-refractivity contribution in [2.75, 3.05) is 31.5 Å². The fourth-order valence-corrected chi connectivity index (χ4v) is 4.47. The Labute approximate surface area is 205 Å². The van der Waals surface area contributed by atoms with Gasteiger partial charge in [-0.1, -0.05) is 24.3 Å². The zero-order valence-corrected chi connectivity index (χ0v) is 20.1. The predicted octanol–water partition coefficient (Wildman–Crippen LogP) is 4.05. The maximum atomic E-state index is 11.6. The second-order valence-corrected chi connectivity index (χ2v) is 8.84. The molecule has 1 amide bonds. The first-order chi connectivity index (χ1) is 17.0. The number of amides is 1. The van der Waals surface area contributed by atoms with Gasteiger partial charge >= 0.3 is 0 Å². The average molecular weight is 468 g/mol. The predicted molar refractivity (Wildman–Crippen MR) is 137 cm³/mol. The lowest BCUT2D eigenvalue weighted by Crippen LogP contribution is -2.47. The van der Waals surface area contributed by atoms with Gasteiger partial charge in [-0.15, -0.1) is 0 Å². The third-order valence-corrected chi connectivity index (χ3v) is 6.18. The Balaban J connectivity index is 1.32. The van der Waals surface area contributed by atoms with Crippen LogP contribution in [0.25, 0.3) is 17.1 Å². The molecular formula is C27H29N7O. The molecule has 2 aromatic heterocycles. The van der Waals surface area contributed by atoms with Gasteiger partial charge in [-0.05, 0) is 54.4 Å². The van der Waals surface area contributed by atoms with Gasteiger partial charge in [-0.3, -0.25) is 9.69 Å². The quantitative estimate of drug-likeness (QED) is 0.461. The molecule has 1 saturated heterocycles. The number of carbonyl (C=O) groups excluding carboxylic acids is 1. The molecule has 1 fully saturated rings. The van der Waals surface area contributed by atoms with E-state index in [0.29, 0.717) is 5.95 Å². The molecule has 1 aliphatic heterocycles. The Kier molecular flexibility index (Phi) is 6.54. The van der Waals surface area contributed by atoms with Crippen LogP contribution in [0.5, 0.6) is 0 Å². The molecular weight excluding hydrogens is 438 g/mol. The summed E-state index contributed by atoms with van der Waals surface area (Å²) in [4.78, 5) is 25.1. The van der Waals surface area contributed by atoms with E-state index in [1.54, 1.807) is 19.3 Å². The molecule has 0 unspecified atom stereocenters. The normalized spacial score (nSPS) is 14.2. The summed E-state index contributed by atoms with van der Waals surface area (Å²) in [5.41, 5.74) is 6.02. The smallest absolute Gasteiger partial charge is 0.227 e. The van der Waals surface area contributed by atoms with E-state index < -0.39 is 0 Å². The highest BCUT2D eigenvalue weighted by Crippen LogP contribution is 2.23. The zero-order chi connectivity index (χ0) is 24.2. The van der Waals surface area contributed by atoms with Crippen molar-refractivity contribution in [3.8, 4) is 17.1 Å². The van der Waals surface area contributed by atoms with Gasteiger partial charge in [0.05, 0.1) is 23.3 Å². The molecule has 0 radical (unpaired) electrons. The Morgan fingerprint density at radius 1 is 0.971 bits per heavy atom. The van der Waals surface area contributed by atoms with Crippen LogP contribution < -0.4 is 5.32 Å². The molecule has 8 nitrogen and oxygen atoms in total. The van der Waals surface area contributed by atoms with Crippen molar-refractivity contribution < 1.29 is 4.79 Å². The summed E-state index contributed by atoms with van der Waals surface area (Å²) < 4.78 is 1.88. The second-order valence-electron chi connectivity index (χ2n) is 8.84. The third kappa shape index (κ3) is 5.38. The topological polar surface area (TPSA) is 79.2 Å². The van der Waals surface area contributed by atoms with Gasteiger partial charge in [-0.25, -0.2) is 14.6 Å². The van der Waals surface area contributed by atoms with E-state index in [9.17, 15) is 4.79 Å². The van der Waals surface area contributed by atoms with E-state index in [-0.39, 0.29) is 5.91 Å². The van der Waals surface area contributed by atoms with E-state index in [1.165, 1.54) is 11.1 Å². The molecule has 8 heteroatoms. The standard InChI is InChI=1S/C27H29N7O/c1-20-16-22(19-32-12-14-33(15-13-32)21(2)35)18-23(17-20)30-27-28-10-8-25(31-27)26-9-11-29-34(26)24-6-4-3-5-7-24/h3-11,16-18H,12-15,19H2,1-2H3,(H,28,30,31). The molecule has 0 bridgehead atoms. The highest BCUT2D eigenvalue weighted by atomic mass is 16.2. The van der Waals surface area contributed by atoms with Crippen LogP contribution in [0.15, 0.2) is 73.1 Å². The summed E-state index contributed by atoms with van der Waals surface area (Å²) in [7, 11) is 0. The molecule has 1 aliphatic rings. The third-order valence-electron chi connectivity index (χ3n) is 6.18. The van der Waals surface area contributed by atoms with Crippen molar-refractivity contribution in [1.82, 2.24) is 29.5 Å². The molecule has 178 valence electrons. The summed E-state index contributed by atoms with van der Waals surface area (Å²) in [6.45, 7) is 7.92. The van der Waals surface area contributed by atoms with Gasteiger partial charge in [0.25, 0.3) is 0 Å². The molecule has 0 atom stereocenters. The van der Waals surface area contributed by atoms with Crippen molar-refractivity contribution in [3.05, 3.63) is 84.2 Å². The van der Waals surface area contributed by atoms with E-state index in [2.05, 4.69) is 45.4 Å². The SMILES string of the molecule is CC(=O)N1CCN(Cc2cc(C)cc(Nc3nccc(-c4ccnn4-c4ccccc4)n3)c2)CC1. The Morgan fingerprint density at radius 2 is 1.77 bits per heavy atom. The second kappa shape index (κ2) is 10.1. The number of rotatable bonds is 6. The molecule has 3 heterocycles. The van der Waals surface area contributed by atoms with Crippen LogP contribution in [-0.2, 0) is 11.3 Å². The van der Waals surface area contributed by atoms with Crippen LogP contribution in [-0.4, -0.2) is 61.6 Å². The Bertz CT molecular complexity index is 1310. The van der Waals surface area contributed by atoms with Gasteiger partial charge in [0.1, 0.15) is 0 Å². The number of piperazine rings is 1. The molecule has 0 spiro atoms. The van der Waals surface area contributed by atoms with Gasteiger partial charge in [-0.2, -0.15) is 5.10 Å². The van der Waals surface area contributed by atoms with E-state index in [0.717, 1.165) is 55.5 Å². The van der Waals surface area contributed by atoms with Crippen molar-refractivity contribution in [2.45, 2.75) is 20.4 Å². The van der Waals surface area contributed by atoms with Crippen LogP contribution in [0, 0.1) is 6.92 Å². The molecule has 5 rings (SSSR count). The molecule has 2 aromatic carbocycles. The van der Waals surface area contributed by atoms with Gasteiger partial charge in [0.15, 0.2) is 0 Å². The van der Waals surface area contributed by atoms with Crippen LogP contribution >= 0.6 is 0 Å². The summed E-state index contributed by atoms with van der Waals surface area (Å²) in [6.07, 6.45) is 3.54. The first-order valence-electron chi connectivity index (χ1n) is 11.8. The van der Waals surface area contributed by atoms with Crippen molar-refractivity contribution in [2.24, 2.45) is 0 Å². The largest absolute Gasteiger partial charge is 0.340 e. The van der Waals surface area contributed by atoms with Gasteiger partial charge in [0, 0.05) is 51.5 Å². The van der Waals surface area contributed by atoms with E-state index in [4.69, 9.17) is 4.98 Å². The lowest BCUT2D eigenvalue weighted by Gasteiger charge is -2.34. The summed E-state index contributed by atoms with van der Waals surface area (Å²) in [5.74, 6) is 0.690. The minimum absolute atomic E-state index is 0.153. The monoisotopic (exact) mass is 467 g/mol. The number of para-hydroxylation sites is 1. The number of nitrogens with zero attached hydrogens (tertiary/aromatic N) is 6. The minimum Gasteiger partial charge on any atom is -0.340 e. The number of aryl methyl sites for hydroxylation is 1. The van der Waals surface area contributed by atoms with Crippen molar-refractivity contribution in [1.29, 1.82) is 0 Å².